The average Bonchev–Trinajstić information content (AvgIpc) is 2.73. The van der Waals surface area contributed by atoms with Crippen LogP contribution in [0.2, 0.25) is 0 Å². The summed E-state index contributed by atoms with van der Waals surface area (Å²) in [6.45, 7) is 9.56. The molecule has 2 heterocycles. The molecular formula is C22H29N7O3. The Kier molecular flexibility index (Phi) is 7.00. The Labute approximate surface area is 187 Å². The van der Waals surface area contributed by atoms with Gasteiger partial charge in [0, 0.05) is 38.3 Å². The molecule has 0 unspecified atom stereocenters. The van der Waals surface area contributed by atoms with Gasteiger partial charge in [-0.2, -0.15) is 10.2 Å². The molecule has 4 N–H and O–H groups in total. The minimum absolute atomic E-state index is 0.00773. The summed E-state index contributed by atoms with van der Waals surface area (Å²) in [6.07, 6.45) is -0.270. The van der Waals surface area contributed by atoms with Gasteiger partial charge in [-0.05, 0) is 32.9 Å². The molecule has 1 aliphatic heterocycles. The second-order valence-corrected chi connectivity index (χ2v) is 8.49. The van der Waals surface area contributed by atoms with Gasteiger partial charge >= 0.3 is 6.09 Å². The van der Waals surface area contributed by atoms with E-state index in [1.165, 1.54) is 0 Å². The van der Waals surface area contributed by atoms with Crippen molar-refractivity contribution < 1.29 is 14.3 Å². The van der Waals surface area contributed by atoms with E-state index in [1.54, 1.807) is 11.0 Å². The highest BCUT2D eigenvalue weighted by Gasteiger charge is 2.25. The van der Waals surface area contributed by atoms with E-state index in [0.29, 0.717) is 36.7 Å². The summed E-state index contributed by atoms with van der Waals surface area (Å²) in [5.41, 5.74) is 12.2. The summed E-state index contributed by atoms with van der Waals surface area (Å²) >= 11 is 0. The second-order valence-electron chi connectivity index (χ2n) is 8.49. The van der Waals surface area contributed by atoms with Crippen LogP contribution in [0.25, 0.3) is 11.3 Å². The normalized spacial score (nSPS) is 14.6. The van der Waals surface area contributed by atoms with Crippen LogP contribution in [0.5, 0.6) is 5.75 Å². The lowest BCUT2D eigenvalue weighted by molar-refractivity contribution is 0.0137. The molecule has 2 aromatic rings. The summed E-state index contributed by atoms with van der Waals surface area (Å²) in [7, 11) is 0. The third-order valence-corrected chi connectivity index (χ3v) is 4.87. The van der Waals surface area contributed by atoms with Crippen molar-refractivity contribution in [2.75, 3.05) is 50.8 Å². The third kappa shape index (κ3) is 5.98. The number of anilines is 2. The molecule has 10 nitrogen and oxygen atoms in total. The highest BCUT2D eigenvalue weighted by molar-refractivity contribution is 5.73. The Balaban J connectivity index is 1.53. The van der Waals surface area contributed by atoms with Gasteiger partial charge in [-0.3, -0.25) is 4.90 Å². The summed E-state index contributed by atoms with van der Waals surface area (Å²) in [5, 5.41) is 9.39. The molecule has 0 aliphatic carbocycles. The van der Waals surface area contributed by atoms with E-state index in [2.05, 4.69) is 14.9 Å². The molecule has 1 amide bonds. The van der Waals surface area contributed by atoms with E-state index in [1.807, 2.05) is 45.0 Å². The first kappa shape index (κ1) is 23.1. The van der Waals surface area contributed by atoms with Crippen molar-refractivity contribution in [3.63, 3.8) is 0 Å². The molecule has 10 heteroatoms. The van der Waals surface area contributed by atoms with Gasteiger partial charge in [0.1, 0.15) is 35.4 Å². The predicted octanol–water partition coefficient (Wildman–Crippen LogP) is 2.11. The molecule has 0 saturated carbocycles. The molecule has 3 rings (SSSR count). The summed E-state index contributed by atoms with van der Waals surface area (Å²) < 4.78 is 11.3. The van der Waals surface area contributed by atoms with Gasteiger partial charge in [0.05, 0.1) is 5.69 Å². The van der Waals surface area contributed by atoms with Crippen molar-refractivity contribution in [2.45, 2.75) is 26.4 Å². The maximum Gasteiger partial charge on any atom is 0.410 e. The van der Waals surface area contributed by atoms with Gasteiger partial charge in [-0.1, -0.05) is 12.1 Å². The minimum atomic E-state index is -0.492. The van der Waals surface area contributed by atoms with Crippen LogP contribution in [-0.4, -0.2) is 70.8 Å². The number of amides is 1. The maximum absolute atomic E-state index is 12.2. The zero-order valence-corrected chi connectivity index (χ0v) is 18.7. The van der Waals surface area contributed by atoms with Crippen LogP contribution in [-0.2, 0) is 4.74 Å². The number of piperazine rings is 1. The zero-order valence-electron chi connectivity index (χ0n) is 18.7. The molecule has 0 spiro atoms. The molecule has 1 fully saturated rings. The Morgan fingerprint density at radius 1 is 1.19 bits per heavy atom. The Bertz CT molecular complexity index is 1010. The van der Waals surface area contributed by atoms with Crippen LogP contribution in [0, 0.1) is 11.3 Å². The second kappa shape index (κ2) is 9.70. The molecule has 0 radical (unpaired) electrons. The fourth-order valence-electron chi connectivity index (χ4n) is 3.32. The van der Waals surface area contributed by atoms with Crippen molar-refractivity contribution in [1.29, 1.82) is 5.26 Å². The van der Waals surface area contributed by atoms with Crippen molar-refractivity contribution in [3.8, 4) is 23.1 Å². The number of benzene rings is 1. The van der Waals surface area contributed by atoms with Gasteiger partial charge in [0.15, 0.2) is 0 Å². The lowest BCUT2D eigenvalue weighted by Gasteiger charge is -2.35. The van der Waals surface area contributed by atoms with E-state index in [0.717, 1.165) is 19.6 Å². The third-order valence-electron chi connectivity index (χ3n) is 4.87. The molecule has 1 saturated heterocycles. The van der Waals surface area contributed by atoms with Crippen LogP contribution in [0.15, 0.2) is 24.3 Å². The molecule has 1 aromatic heterocycles. The fourth-order valence-corrected chi connectivity index (χ4v) is 3.32. The highest BCUT2D eigenvalue weighted by Crippen LogP contribution is 2.28. The molecular weight excluding hydrogens is 410 g/mol. The first-order valence-electron chi connectivity index (χ1n) is 10.4. The number of rotatable bonds is 5. The van der Waals surface area contributed by atoms with Gasteiger partial charge in [0.2, 0.25) is 5.95 Å². The van der Waals surface area contributed by atoms with E-state index in [-0.39, 0.29) is 23.4 Å². The van der Waals surface area contributed by atoms with Crippen LogP contribution < -0.4 is 16.2 Å². The minimum Gasteiger partial charge on any atom is -0.492 e. The number of nitrogens with zero attached hydrogens (tertiary/aromatic N) is 5. The van der Waals surface area contributed by atoms with Crippen LogP contribution in [0.3, 0.4) is 0 Å². The monoisotopic (exact) mass is 439 g/mol. The lowest BCUT2D eigenvalue weighted by Crippen LogP contribution is -2.50. The first-order chi connectivity index (χ1) is 15.2. The standard InChI is InChI=1S/C22H29N7O3/c1-22(2,3)32-21(30)29-9-7-28(8-10-29)11-12-31-16-6-4-5-15(13-16)18-17(14-23)19(24)27-20(25)26-18/h4-6,13H,7-12H2,1-3H3,(H4,24,25,26,27). The van der Waals surface area contributed by atoms with E-state index in [4.69, 9.17) is 20.9 Å². The number of hydrogen-bond donors (Lipinski definition) is 2. The Morgan fingerprint density at radius 2 is 1.91 bits per heavy atom. The van der Waals surface area contributed by atoms with Crippen LogP contribution in [0.1, 0.15) is 26.3 Å². The number of ether oxygens (including phenoxy) is 2. The van der Waals surface area contributed by atoms with Gasteiger partial charge in [-0.15, -0.1) is 0 Å². The number of aromatic nitrogens is 2. The molecule has 32 heavy (non-hydrogen) atoms. The number of nitrogens with two attached hydrogens (primary N) is 2. The SMILES string of the molecule is CC(C)(C)OC(=O)N1CCN(CCOc2cccc(-c3nc(N)nc(N)c3C#N)c2)CC1. The quantitative estimate of drug-likeness (QED) is 0.715. The molecule has 1 aromatic carbocycles. The molecule has 170 valence electrons. The Morgan fingerprint density at radius 3 is 2.56 bits per heavy atom. The summed E-state index contributed by atoms with van der Waals surface area (Å²) in [6, 6.07) is 9.29. The van der Waals surface area contributed by atoms with Crippen molar-refractivity contribution in [1.82, 2.24) is 19.8 Å². The van der Waals surface area contributed by atoms with Crippen molar-refractivity contribution >= 4 is 17.9 Å². The number of nitrogen functional groups attached to an aromatic ring is 2. The lowest BCUT2D eigenvalue weighted by atomic mass is 10.1. The van der Waals surface area contributed by atoms with Crippen molar-refractivity contribution in [2.24, 2.45) is 0 Å². The first-order valence-corrected chi connectivity index (χ1v) is 10.4. The number of carbonyl (C=O) groups is 1. The number of carbonyl (C=O) groups excluding carboxylic acids is 1. The predicted molar refractivity (Wildman–Crippen MR) is 121 cm³/mol. The van der Waals surface area contributed by atoms with Gasteiger partial charge in [0.25, 0.3) is 0 Å². The smallest absolute Gasteiger partial charge is 0.410 e. The van der Waals surface area contributed by atoms with E-state index < -0.39 is 5.60 Å². The largest absolute Gasteiger partial charge is 0.492 e. The summed E-state index contributed by atoms with van der Waals surface area (Å²) in [4.78, 5) is 24.2. The van der Waals surface area contributed by atoms with E-state index in [9.17, 15) is 10.1 Å². The van der Waals surface area contributed by atoms with Crippen molar-refractivity contribution in [3.05, 3.63) is 29.8 Å². The van der Waals surface area contributed by atoms with Crippen LogP contribution >= 0.6 is 0 Å². The summed E-state index contributed by atoms with van der Waals surface area (Å²) in [5.74, 6) is 0.703. The fraction of sp³-hybridized carbons (Fsp3) is 0.455. The maximum atomic E-state index is 12.2. The highest BCUT2D eigenvalue weighted by atomic mass is 16.6. The number of hydrogen-bond acceptors (Lipinski definition) is 9. The zero-order chi connectivity index (χ0) is 23.3. The molecule has 1 aliphatic rings. The molecule has 0 atom stereocenters. The molecule has 0 bridgehead atoms. The van der Waals surface area contributed by atoms with Crippen LogP contribution in [0.4, 0.5) is 16.6 Å². The average molecular weight is 440 g/mol. The number of nitriles is 1. The van der Waals surface area contributed by atoms with Gasteiger partial charge in [-0.25, -0.2) is 9.78 Å². The van der Waals surface area contributed by atoms with Gasteiger partial charge < -0.3 is 25.8 Å². The Hall–Kier alpha value is -3.58. The topological polar surface area (TPSA) is 144 Å². The van der Waals surface area contributed by atoms with E-state index >= 15 is 0 Å².